The Morgan fingerprint density at radius 1 is 1.48 bits per heavy atom. The molecule has 2 atom stereocenters. The topological polar surface area (TPSA) is 93.8 Å². The maximum atomic E-state index is 11.2. The number of carbonyl (C=O) groups excluding carboxylic acids is 1. The zero-order valence-corrected chi connectivity index (χ0v) is 13.8. The molecule has 0 bridgehead atoms. The second kappa shape index (κ2) is 8.93. The number of rotatable bonds is 8. The van der Waals surface area contributed by atoms with Crippen LogP contribution in [0.1, 0.15) is 44.9 Å². The summed E-state index contributed by atoms with van der Waals surface area (Å²) in [6.07, 6.45) is 10.3. The van der Waals surface area contributed by atoms with E-state index in [1.807, 2.05) is 6.08 Å². The fourth-order valence-corrected chi connectivity index (χ4v) is 3.10. The molecule has 0 spiro atoms. The van der Waals surface area contributed by atoms with E-state index in [9.17, 15) is 4.79 Å². The van der Waals surface area contributed by atoms with Gasteiger partial charge in [-0.15, -0.1) is 0 Å². The molecule has 2 rings (SSSR count). The van der Waals surface area contributed by atoms with Crippen LogP contribution in [0.4, 0.5) is 0 Å². The second-order valence-electron chi connectivity index (χ2n) is 6.22. The largest absolute Gasteiger partial charge is 0.493 e. The number of allylic oxidation sites excluding steroid dienone is 3. The summed E-state index contributed by atoms with van der Waals surface area (Å²) in [7, 11) is 1.67. The van der Waals surface area contributed by atoms with Crippen molar-refractivity contribution in [2.24, 2.45) is 11.7 Å². The summed E-state index contributed by atoms with van der Waals surface area (Å²) in [5, 5.41) is 11.5. The number of hydrogen-bond acceptors (Lipinski definition) is 5. The zero-order valence-electron chi connectivity index (χ0n) is 13.8. The van der Waals surface area contributed by atoms with Gasteiger partial charge in [-0.2, -0.15) is 0 Å². The van der Waals surface area contributed by atoms with Crippen LogP contribution >= 0.6 is 0 Å². The lowest BCUT2D eigenvalue weighted by molar-refractivity contribution is -0.129. The third-order valence-electron chi connectivity index (χ3n) is 4.39. The van der Waals surface area contributed by atoms with Gasteiger partial charge in [0.15, 0.2) is 12.0 Å². The van der Waals surface area contributed by atoms with Gasteiger partial charge in [0.2, 0.25) is 0 Å². The normalized spacial score (nSPS) is 23.0. The lowest BCUT2D eigenvalue weighted by Crippen LogP contribution is -2.40. The molecule has 23 heavy (non-hydrogen) atoms. The first-order chi connectivity index (χ1) is 11.1. The minimum atomic E-state index is -1.44. The Hall–Kier alpha value is -1.53. The zero-order chi connectivity index (χ0) is 16.7. The monoisotopic (exact) mass is 324 g/mol. The van der Waals surface area contributed by atoms with Crippen LogP contribution in [-0.2, 0) is 14.3 Å². The van der Waals surface area contributed by atoms with Gasteiger partial charge in [0.05, 0.1) is 13.2 Å². The first-order valence-electron chi connectivity index (χ1n) is 8.43. The van der Waals surface area contributed by atoms with Gasteiger partial charge in [-0.05, 0) is 50.5 Å². The molecule has 0 aromatic rings. The van der Waals surface area contributed by atoms with E-state index in [4.69, 9.17) is 20.3 Å². The highest BCUT2D eigenvalue weighted by atomic mass is 16.5. The van der Waals surface area contributed by atoms with Crippen molar-refractivity contribution in [2.45, 2.75) is 57.3 Å². The molecule has 1 saturated carbocycles. The maximum absolute atomic E-state index is 11.2. The summed E-state index contributed by atoms with van der Waals surface area (Å²) in [5.74, 6) is 1.63. The van der Waals surface area contributed by atoms with Gasteiger partial charge >= 0.3 is 0 Å². The summed E-state index contributed by atoms with van der Waals surface area (Å²) in [4.78, 5) is 11.2. The Morgan fingerprint density at radius 3 is 2.87 bits per heavy atom. The van der Waals surface area contributed by atoms with Crippen molar-refractivity contribution in [3.63, 3.8) is 0 Å². The fraction of sp³-hybridized carbons (Fsp3) is 0.706. The number of methoxy groups -OCH3 is 1. The molecule has 2 aliphatic rings. The number of carbonyl (C=O) groups is 1. The standard InChI is InChI=1S/C17H28N2O4/c1-22-14-9-8-12(5-4-10-19-17(21)16(18)20)11-15(14)23-13-6-2-3-7-13/h8-9,12-13,16,20H,2-7,10-11,18H2,1H3,(H,19,21). The Labute approximate surface area is 137 Å². The number of aliphatic hydroxyl groups excluding tert-OH is 1. The van der Waals surface area contributed by atoms with Gasteiger partial charge in [0.25, 0.3) is 5.91 Å². The average molecular weight is 324 g/mol. The van der Waals surface area contributed by atoms with Crippen LogP contribution in [-0.4, -0.2) is 37.0 Å². The summed E-state index contributed by atoms with van der Waals surface area (Å²) < 4.78 is 11.6. The summed E-state index contributed by atoms with van der Waals surface area (Å²) in [5.41, 5.74) is 5.08. The highest BCUT2D eigenvalue weighted by molar-refractivity contribution is 5.79. The van der Waals surface area contributed by atoms with E-state index in [2.05, 4.69) is 11.4 Å². The van der Waals surface area contributed by atoms with Crippen molar-refractivity contribution in [3.8, 4) is 0 Å². The van der Waals surface area contributed by atoms with Crippen molar-refractivity contribution in [1.82, 2.24) is 5.32 Å². The van der Waals surface area contributed by atoms with Gasteiger partial charge in [-0.3, -0.25) is 10.5 Å². The lowest BCUT2D eigenvalue weighted by atomic mass is 9.93. The molecule has 0 radical (unpaired) electrons. The minimum Gasteiger partial charge on any atom is -0.493 e. The van der Waals surface area contributed by atoms with Crippen molar-refractivity contribution in [3.05, 3.63) is 23.7 Å². The van der Waals surface area contributed by atoms with Gasteiger partial charge < -0.3 is 19.9 Å². The van der Waals surface area contributed by atoms with Gasteiger partial charge in [0, 0.05) is 13.0 Å². The summed E-state index contributed by atoms with van der Waals surface area (Å²) in [6.45, 7) is 0.511. The second-order valence-corrected chi connectivity index (χ2v) is 6.22. The van der Waals surface area contributed by atoms with E-state index in [1.54, 1.807) is 7.11 Å². The number of hydrogen-bond donors (Lipinski definition) is 3. The quantitative estimate of drug-likeness (QED) is 0.465. The number of nitrogens with one attached hydrogen (secondary N) is 1. The molecule has 0 aromatic heterocycles. The van der Waals surface area contributed by atoms with Gasteiger partial charge in [-0.1, -0.05) is 6.08 Å². The molecular weight excluding hydrogens is 296 g/mol. The molecule has 2 aliphatic carbocycles. The van der Waals surface area contributed by atoms with Gasteiger partial charge in [0.1, 0.15) is 5.76 Å². The van der Waals surface area contributed by atoms with Crippen LogP contribution in [0.2, 0.25) is 0 Å². The first kappa shape index (κ1) is 17.8. The molecule has 0 heterocycles. The Morgan fingerprint density at radius 2 is 2.22 bits per heavy atom. The predicted octanol–water partition coefficient (Wildman–Crippen LogP) is 1.55. The van der Waals surface area contributed by atoms with E-state index in [1.165, 1.54) is 12.8 Å². The average Bonchev–Trinajstić information content (AvgIpc) is 3.04. The highest BCUT2D eigenvalue weighted by Gasteiger charge is 2.23. The Bertz CT molecular complexity index is 454. The molecule has 4 N–H and O–H groups in total. The highest BCUT2D eigenvalue weighted by Crippen LogP contribution is 2.32. The number of amides is 1. The van der Waals surface area contributed by atoms with Crippen molar-refractivity contribution < 1.29 is 19.4 Å². The molecule has 1 fully saturated rings. The van der Waals surface area contributed by atoms with Crippen molar-refractivity contribution in [2.75, 3.05) is 13.7 Å². The number of nitrogens with two attached hydrogens (primary N) is 1. The lowest BCUT2D eigenvalue weighted by Gasteiger charge is -2.24. The number of aliphatic hydroxyl groups is 1. The van der Waals surface area contributed by atoms with Crippen LogP contribution in [0.15, 0.2) is 23.7 Å². The fourth-order valence-electron chi connectivity index (χ4n) is 3.10. The summed E-state index contributed by atoms with van der Waals surface area (Å²) >= 11 is 0. The van der Waals surface area contributed by atoms with E-state index in [0.717, 1.165) is 43.6 Å². The minimum absolute atomic E-state index is 0.327. The Balaban J connectivity index is 1.76. The number of ether oxygens (including phenoxy) is 2. The molecule has 6 nitrogen and oxygen atoms in total. The molecule has 0 aromatic carbocycles. The molecule has 0 saturated heterocycles. The third kappa shape index (κ3) is 5.55. The van der Waals surface area contributed by atoms with Crippen molar-refractivity contribution in [1.29, 1.82) is 0 Å². The predicted molar refractivity (Wildman–Crippen MR) is 87.1 cm³/mol. The SMILES string of the molecule is COC1=C(OC2CCCC2)CC(CCCNC(=O)C(N)O)C=C1. The molecule has 6 heteroatoms. The molecular formula is C17H28N2O4. The smallest absolute Gasteiger partial charge is 0.263 e. The van der Waals surface area contributed by atoms with Crippen LogP contribution in [0.5, 0.6) is 0 Å². The molecule has 130 valence electrons. The molecule has 1 amide bonds. The van der Waals surface area contributed by atoms with E-state index in [-0.39, 0.29) is 0 Å². The van der Waals surface area contributed by atoms with E-state index >= 15 is 0 Å². The third-order valence-corrected chi connectivity index (χ3v) is 4.39. The Kier molecular flexibility index (Phi) is 6.92. The van der Waals surface area contributed by atoms with Crippen LogP contribution in [0, 0.1) is 5.92 Å². The molecule has 0 aliphatic heterocycles. The molecule has 2 unspecified atom stereocenters. The van der Waals surface area contributed by atoms with Crippen LogP contribution in [0.25, 0.3) is 0 Å². The van der Waals surface area contributed by atoms with E-state index in [0.29, 0.717) is 18.6 Å². The first-order valence-corrected chi connectivity index (χ1v) is 8.43. The van der Waals surface area contributed by atoms with Crippen molar-refractivity contribution >= 4 is 5.91 Å². The van der Waals surface area contributed by atoms with Crippen LogP contribution in [0.3, 0.4) is 0 Å². The van der Waals surface area contributed by atoms with Crippen LogP contribution < -0.4 is 11.1 Å². The van der Waals surface area contributed by atoms with Gasteiger partial charge in [-0.25, -0.2) is 0 Å². The van der Waals surface area contributed by atoms with E-state index < -0.39 is 12.1 Å². The summed E-state index contributed by atoms with van der Waals surface area (Å²) in [6, 6.07) is 0. The maximum Gasteiger partial charge on any atom is 0.263 e.